The Hall–Kier alpha value is -2.35. The van der Waals surface area contributed by atoms with Crippen LogP contribution in [0.3, 0.4) is 0 Å². The van der Waals surface area contributed by atoms with Gasteiger partial charge in [0.15, 0.2) is 0 Å². The highest BCUT2D eigenvalue weighted by atomic mass is 32.2. The van der Waals surface area contributed by atoms with E-state index >= 15 is 0 Å². The number of anilines is 2. The standard InChI is InChI=1S/C19H28N4O3S/c1-4-6-12-23(13-7-5-2)19-21-14-17(18(20)22-19)27(24,25)16-10-8-15(26-3)9-11-16/h8-11,14H,4-7,12-13H2,1-3H3,(H2,20,21,22). The number of ether oxygens (including phenoxy) is 1. The van der Waals surface area contributed by atoms with Gasteiger partial charge in [-0.2, -0.15) is 4.98 Å². The van der Waals surface area contributed by atoms with Gasteiger partial charge in [-0.05, 0) is 37.1 Å². The molecule has 1 heterocycles. The minimum Gasteiger partial charge on any atom is -0.497 e. The average Bonchev–Trinajstić information content (AvgIpc) is 2.68. The lowest BCUT2D eigenvalue weighted by Gasteiger charge is -2.22. The van der Waals surface area contributed by atoms with Crippen LogP contribution in [0.5, 0.6) is 5.75 Å². The Morgan fingerprint density at radius 2 is 1.67 bits per heavy atom. The molecule has 0 radical (unpaired) electrons. The predicted octanol–water partition coefficient (Wildman–Crippen LogP) is 3.31. The summed E-state index contributed by atoms with van der Waals surface area (Å²) < 4.78 is 30.8. The fourth-order valence-electron chi connectivity index (χ4n) is 2.63. The first kappa shape index (κ1) is 21.0. The molecule has 2 N–H and O–H groups in total. The van der Waals surface area contributed by atoms with E-state index in [4.69, 9.17) is 10.5 Å². The number of methoxy groups -OCH3 is 1. The second-order valence-corrected chi connectivity index (χ2v) is 8.21. The first-order chi connectivity index (χ1) is 12.9. The number of nitrogen functional groups attached to an aromatic ring is 1. The Labute approximate surface area is 161 Å². The van der Waals surface area contributed by atoms with Gasteiger partial charge in [0.25, 0.3) is 0 Å². The highest BCUT2D eigenvalue weighted by Gasteiger charge is 2.23. The lowest BCUT2D eigenvalue weighted by Crippen LogP contribution is -2.28. The van der Waals surface area contributed by atoms with E-state index in [2.05, 4.69) is 28.7 Å². The van der Waals surface area contributed by atoms with Crippen molar-refractivity contribution in [2.45, 2.75) is 49.3 Å². The molecular formula is C19H28N4O3S. The van der Waals surface area contributed by atoms with Crippen molar-refractivity contribution in [3.63, 3.8) is 0 Å². The predicted molar refractivity (Wildman–Crippen MR) is 107 cm³/mol. The lowest BCUT2D eigenvalue weighted by molar-refractivity contribution is 0.414. The first-order valence-corrected chi connectivity index (χ1v) is 10.7. The number of rotatable bonds is 10. The monoisotopic (exact) mass is 392 g/mol. The van der Waals surface area contributed by atoms with E-state index in [-0.39, 0.29) is 15.6 Å². The summed E-state index contributed by atoms with van der Waals surface area (Å²) in [6, 6.07) is 6.15. The molecule has 0 aliphatic heterocycles. The average molecular weight is 393 g/mol. The zero-order valence-corrected chi connectivity index (χ0v) is 17.0. The number of hydrogen-bond donors (Lipinski definition) is 1. The molecule has 0 aliphatic rings. The second-order valence-electron chi connectivity index (χ2n) is 6.29. The van der Waals surface area contributed by atoms with Gasteiger partial charge in [0.05, 0.1) is 18.2 Å². The van der Waals surface area contributed by atoms with Gasteiger partial charge in [0.2, 0.25) is 15.8 Å². The molecule has 8 heteroatoms. The summed E-state index contributed by atoms with van der Waals surface area (Å²) in [6.45, 7) is 5.89. The molecule has 0 fully saturated rings. The third kappa shape index (κ3) is 5.09. The molecule has 0 aliphatic carbocycles. The van der Waals surface area contributed by atoms with Crippen molar-refractivity contribution < 1.29 is 13.2 Å². The quantitative estimate of drug-likeness (QED) is 0.662. The Morgan fingerprint density at radius 1 is 1.07 bits per heavy atom. The van der Waals surface area contributed by atoms with E-state index in [9.17, 15) is 8.42 Å². The third-order valence-corrected chi connectivity index (χ3v) is 6.06. The van der Waals surface area contributed by atoms with Gasteiger partial charge in [0.1, 0.15) is 16.5 Å². The van der Waals surface area contributed by atoms with Crippen molar-refractivity contribution in [2.24, 2.45) is 0 Å². The highest BCUT2D eigenvalue weighted by molar-refractivity contribution is 7.91. The maximum absolute atomic E-state index is 12.9. The molecule has 0 spiro atoms. The van der Waals surface area contributed by atoms with Gasteiger partial charge in [-0.3, -0.25) is 0 Å². The summed E-state index contributed by atoms with van der Waals surface area (Å²) in [5.41, 5.74) is 6.01. The summed E-state index contributed by atoms with van der Waals surface area (Å²) in [5.74, 6) is 1.02. The van der Waals surface area contributed by atoms with Gasteiger partial charge in [-0.15, -0.1) is 0 Å². The Balaban J connectivity index is 2.32. The van der Waals surface area contributed by atoms with Gasteiger partial charge in [-0.1, -0.05) is 26.7 Å². The van der Waals surface area contributed by atoms with E-state index in [1.54, 1.807) is 12.1 Å². The summed E-state index contributed by atoms with van der Waals surface area (Å²) in [7, 11) is -2.27. The van der Waals surface area contributed by atoms with Gasteiger partial charge in [0, 0.05) is 13.1 Å². The zero-order valence-electron chi connectivity index (χ0n) is 16.2. The van der Waals surface area contributed by atoms with Crippen LogP contribution in [0.15, 0.2) is 40.3 Å². The maximum atomic E-state index is 12.9. The van der Waals surface area contributed by atoms with Crippen molar-refractivity contribution in [3.05, 3.63) is 30.5 Å². The largest absolute Gasteiger partial charge is 0.497 e. The van der Waals surface area contributed by atoms with Crippen LogP contribution >= 0.6 is 0 Å². The molecule has 0 atom stereocenters. The fourth-order valence-corrected chi connectivity index (χ4v) is 3.89. The Bertz CT molecular complexity index is 831. The molecule has 0 bridgehead atoms. The van der Waals surface area contributed by atoms with Crippen molar-refractivity contribution in [3.8, 4) is 5.75 Å². The van der Waals surface area contributed by atoms with Gasteiger partial charge < -0.3 is 15.4 Å². The Morgan fingerprint density at radius 3 is 2.15 bits per heavy atom. The molecule has 1 aromatic carbocycles. The molecule has 2 aromatic rings. The SMILES string of the molecule is CCCCN(CCCC)c1ncc(S(=O)(=O)c2ccc(OC)cc2)c(N)n1. The van der Waals surface area contributed by atoms with Crippen LogP contribution in [-0.4, -0.2) is 38.6 Å². The summed E-state index contributed by atoms with van der Waals surface area (Å²) >= 11 is 0. The van der Waals surface area contributed by atoms with Crippen LogP contribution < -0.4 is 15.4 Å². The van der Waals surface area contributed by atoms with Crippen LogP contribution in [0, 0.1) is 0 Å². The van der Waals surface area contributed by atoms with Crippen molar-refractivity contribution in [1.82, 2.24) is 9.97 Å². The number of nitrogens with two attached hydrogens (primary N) is 1. The van der Waals surface area contributed by atoms with E-state index in [1.165, 1.54) is 25.4 Å². The van der Waals surface area contributed by atoms with E-state index in [0.29, 0.717) is 11.7 Å². The molecule has 2 rings (SSSR count). The molecular weight excluding hydrogens is 364 g/mol. The number of aromatic nitrogens is 2. The van der Waals surface area contributed by atoms with Crippen LogP contribution in [0.4, 0.5) is 11.8 Å². The number of sulfone groups is 1. The summed E-state index contributed by atoms with van der Waals surface area (Å²) in [4.78, 5) is 10.7. The molecule has 1 aromatic heterocycles. The maximum Gasteiger partial charge on any atom is 0.227 e. The van der Waals surface area contributed by atoms with Crippen molar-refractivity contribution >= 4 is 21.6 Å². The molecule has 0 unspecified atom stereocenters. The molecule has 148 valence electrons. The smallest absolute Gasteiger partial charge is 0.227 e. The summed E-state index contributed by atoms with van der Waals surface area (Å²) in [5, 5.41) is 0. The van der Waals surface area contributed by atoms with Crippen molar-refractivity contribution in [2.75, 3.05) is 30.8 Å². The minimum absolute atomic E-state index is 0.0335. The fraction of sp³-hybridized carbons (Fsp3) is 0.474. The Kier molecular flexibility index (Phi) is 7.41. The van der Waals surface area contributed by atoms with E-state index in [0.717, 1.165) is 38.8 Å². The normalized spacial score (nSPS) is 11.4. The summed E-state index contributed by atoms with van der Waals surface area (Å²) in [6.07, 6.45) is 5.45. The molecule has 0 amide bonds. The second kappa shape index (κ2) is 9.55. The molecule has 0 saturated heterocycles. The lowest BCUT2D eigenvalue weighted by atomic mass is 10.3. The van der Waals surface area contributed by atoms with Crippen LogP contribution in [0.2, 0.25) is 0 Å². The zero-order chi connectivity index (χ0) is 19.9. The first-order valence-electron chi connectivity index (χ1n) is 9.20. The van der Waals surface area contributed by atoms with E-state index < -0.39 is 9.84 Å². The van der Waals surface area contributed by atoms with Crippen LogP contribution in [-0.2, 0) is 9.84 Å². The van der Waals surface area contributed by atoms with Crippen molar-refractivity contribution in [1.29, 1.82) is 0 Å². The molecule has 27 heavy (non-hydrogen) atoms. The number of hydrogen-bond acceptors (Lipinski definition) is 7. The van der Waals surface area contributed by atoms with E-state index in [1.807, 2.05) is 0 Å². The highest BCUT2D eigenvalue weighted by Crippen LogP contribution is 2.27. The molecule has 7 nitrogen and oxygen atoms in total. The van der Waals surface area contributed by atoms with Crippen LogP contribution in [0.1, 0.15) is 39.5 Å². The number of nitrogens with zero attached hydrogens (tertiary/aromatic N) is 3. The topological polar surface area (TPSA) is 98.4 Å². The van der Waals surface area contributed by atoms with Gasteiger partial charge in [-0.25, -0.2) is 13.4 Å². The third-order valence-electron chi connectivity index (χ3n) is 4.28. The number of unbranched alkanes of at least 4 members (excludes halogenated alkanes) is 2. The molecule has 0 saturated carbocycles. The van der Waals surface area contributed by atoms with Gasteiger partial charge >= 0.3 is 0 Å². The minimum atomic E-state index is -3.80. The van der Waals surface area contributed by atoms with Crippen LogP contribution in [0.25, 0.3) is 0 Å². The number of benzene rings is 1.